The summed E-state index contributed by atoms with van der Waals surface area (Å²) in [4.78, 5) is 14.3. The van der Waals surface area contributed by atoms with E-state index in [0.717, 1.165) is 19.5 Å². The highest BCUT2D eigenvalue weighted by Crippen LogP contribution is 2.20. The lowest BCUT2D eigenvalue weighted by molar-refractivity contribution is 0.0948. The lowest BCUT2D eigenvalue weighted by Gasteiger charge is -2.28. The van der Waals surface area contributed by atoms with Crippen molar-refractivity contribution in [1.82, 2.24) is 10.2 Å². The van der Waals surface area contributed by atoms with Crippen molar-refractivity contribution >= 4 is 21.8 Å². The molecule has 1 amide bonds. The van der Waals surface area contributed by atoms with Crippen LogP contribution >= 0.6 is 15.9 Å². The Labute approximate surface area is 127 Å². The number of nitrogens with zero attached hydrogens (tertiary/aromatic N) is 1. The van der Waals surface area contributed by atoms with Crippen LogP contribution in [0.25, 0.3) is 0 Å². The Kier molecular flexibility index (Phi) is 5.54. The predicted octanol–water partition coefficient (Wildman–Crippen LogP) is 3.05. The SMILES string of the molecule is CN1CCC(CCNC(=O)c2ccc(F)cc2Br)CC1. The van der Waals surface area contributed by atoms with Crippen LogP contribution in [-0.4, -0.2) is 37.5 Å². The zero-order chi connectivity index (χ0) is 14.5. The first kappa shape index (κ1) is 15.4. The molecule has 0 saturated carbocycles. The molecule has 20 heavy (non-hydrogen) atoms. The van der Waals surface area contributed by atoms with Crippen LogP contribution in [0.1, 0.15) is 29.6 Å². The van der Waals surface area contributed by atoms with Gasteiger partial charge < -0.3 is 10.2 Å². The zero-order valence-corrected chi connectivity index (χ0v) is 13.2. The van der Waals surface area contributed by atoms with Crippen molar-refractivity contribution in [3.63, 3.8) is 0 Å². The van der Waals surface area contributed by atoms with Crippen molar-refractivity contribution in [2.45, 2.75) is 19.3 Å². The van der Waals surface area contributed by atoms with E-state index in [-0.39, 0.29) is 11.7 Å². The molecule has 0 aliphatic carbocycles. The number of halogens is 2. The number of carbonyl (C=O) groups is 1. The van der Waals surface area contributed by atoms with Crippen molar-refractivity contribution < 1.29 is 9.18 Å². The Balaban J connectivity index is 1.77. The molecule has 0 atom stereocenters. The lowest BCUT2D eigenvalue weighted by Crippen LogP contribution is -2.32. The van der Waals surface area contributed by atoms with Crippen molar-refractivity contribution in [3.8, 4) is 0 Å². The minimum absolute atomic E-state index is 0.148. The van der Waals surface area contributed by atoms with Gasteiger partial charge in [0.1, 0.15) is 5.82 Å². The van der Waals surface area contributed by atoms with E-state index >= 15 is 0 Å². The fourth-order valence-electron chi connectivity index (χ4n) is 2.51. The normalized spacial score (nSPS) is 17.1. The van der Waals surface area contributed by atoms with Crippen molar-refractivity contribution in [2.75, 3.05) is 26.7 Å². The molecule has 1 heterocycles. The lowest BCUT2D eigenvalue weighted by atomic mass is 9.94. The average Bonchev–Trinajstić information content (AvgIpc) is 2.41. The minimum atomic E-state index is -0.347. The summed E-state index contributed by atoms with van der Waals surface area (Å²) in [5, 5.41) is 2.91. The Morgan fingerprint density at radius 1 is 1.45 bits per heavy atom. The highest BCUT2D eigenvalue weighted by molar-refractivity contribution is 9.10. The molecule has 0 spiro atoms. The van der Waals surface area contributed by atoms with Crippen molar-refractivity contribution in [1.29, 1.82) is 0 Å². The fourth-order valence-corrected chi connectivity index (χ4v) is 3.04. The molecule has 0 unspecified atom stereocenters. The van der Waals surface area contributed by atoms with Gasteiger partial charge >= 0.3 is 0 Å². The van der Waals surface area contributed by atoms with E-state index in [2.05, 4.69) is 33.2 Å². The first-order valence-electron chi connectivity index (χ1n) is 6.98. The fraction of sp³-hybridized carbons (Fsp3) is 0.533. The van der Waals surface area contributed by atoms with Crippen LogP contribution in [0.15, 0.2) is 22.7 Å². The van der Waals surface area contributed by atoms with Crippen LogP contribution in [0.4, 0.5) is 4.39 Å². The van der Waals surface area contributed by atoms with Gasteiger partial charge in [0.25, 0.3) is 5.91 Å². The average molecular weight is 343 g/mol. The number of benzene rings is 1. The first-order valence-corrected chi connectivity index (χ1v) is 7.77. The number of hydrogen-bond donors (Lipinski definition) is 1. The summed E-state index contributed by atoms with van der Waals surface area (Å²) in [6.07, 6.45) is 3.41. The van der Waals surface area contributed by atoms with Gasteiger partial charge in [-0.3, -0.25) is 4.79 Å². The van der Waals surface area contributed by atoms with Gasteiger partial charge in [0.05, 0.1) is 5.56 Å². The molecule has 1 aromatic carbocycles. The number of amides is 1. The number of likely N-dealkylation sites (tertiary alicyclic amines) is 1. The molecule has 0 bridgehead atoms. The Morgan fingerprint density at radius 2 is 2.15 bits per heavy atom. The molecular weight excluding hydrogens is 323 g/mol. The number of carbonyl (C=O) groups excluding carboxylic acids is 1. The number of rotatable bonds is 4. The van der Waals surface area contributed by atoms with E-state index in [9.17, 15) is 9.18 Å². The monoisotopic (exact) mass is 342 g/mol. The van der Waals surface area contributed by atoms with Gasteiger partial charge in [-0.2, -0.15) is 0 Å². The van der Waals surface area contributed by atoms with Crippen LogP contribution in [0.5, 0.6) is 0 Å². The molecule has 1 aliphatic heterocycles. The van der Waals surface area contributed by atoms with Crippen LogP contribution in [0.3, 0.4) is 0 Å². The van der Waals surface area contributed by atoms with Gasteiger partial charge in [-0.1, -0.05) is 0 Å². The maximum Gasteiger partial charge on any atom is 0.252 e. The van der Waals surface area contributed by atoms with E-state index in [1.807, 2.05) is 0 Å². The maximum atomic E-state index is 13.0. The molecule has 2 rings (SSSR count). The van der Waals surface area contributed by atoms with Gasteiger partial charge in [-0.25, -0.2) is 4.39 Å². The molecule has 110 valence electrons. The van der Waals surface area contributed by atoms with Crippen LogP contribution < -0.4 is 5.32 Å². The Morgan fingerprint density at radius 3 is 2.80 bits per heavy atom. The summed E-state index contributed by atoms with van der Waals surface area (Å²) >= 11 is 3.22. The molecule has 3 nitrogen and oxygen atoms in total. The minimum Gasteiger partial charge on any atom is -0.352 e. The number of hydrogen-bond acceptors (Lipinski definition) is 2. The standard InChI is InChI=1S/C15H20BrFN2O/c1-19-8-5-11(6-9-19)4-7-18-15(20)13-3-2-12(17)10-14(13)16/h2-3,10-11H,4-9H2,1H3,(H,18,20). The summed E-state index contributed by atoms with van der Waals surface area (Å²) in [5.74, 6) is 0.202. The smallest absolute Gasteiger partial charge is 0.252 e. The second-order valence-corrected chi connectivity index (χ2v) is 6.27. The molecule has 1 aromatic rings. The van der Waals surface area contributed by atoms with E-state index in [0.29, 0.717) is 22.5 Å². The number of piperidine rings is 1. The highest BCUT2D eigenvalue weighted by Gasteiger charge is 2.17. The Bertz CT molecular complexity index is 473. The van der Waals surface area contributed by atoms with Gasteiger partial charge in [0, 0.05) is 11.0 Å². The van der Waals surface area contributed by atoms with Crippen molar-refractivity contribution in [2.24, 2.45) is 5.92 Å². The van der Waals surface area contributed by atoms with Gasteiger partial charge in [0.15, 0.2) is 0 Å². The molecule has 1 N–H and O–H groups in total. The molecule has 1 fully saturated rings. The van der Waals surface area contributed by atoms with Gasteiger partial charge in [-0.05, 0) is 79.4 Å². The first-order chi connectivity index (χ1) is 9.56. The maximum absolute atomic E-state index is 13.0. The second-order valence-electron chi connectivity index (χ2n) is 5.42. The molecule has 1 saturated heterocycles. The summed E-state index contributed by atoms with van der Waals surface area (Å²) in [6, 6.07) is 4.12. The van der Waals surface area contributed by atoms with E-state index in [4.69, 9.17) is 0 Å². The van der Waals surface area contributed by atoms with Crippen molar-refractivity contribution in [3.05, 3.63) is 34.1 Å². The number of nitrogens with one attached hydrogen (secondary N) is 1. The summed E-state index contributed by atoms with van der Waals surface area (Å²) in [7, 11) is 2.14. The van der Waals surface area contributed by atoms with Crippen LogP contribution in [-0.2, 0) is 0 Å². The molecule has 0 radical (unpaired) electrons. The predicted molar refractivity (Wildman–Crippen MR) is 81.3 cm³/mol. The van der Waals surface area contributed by atoms with E-state index < -0.39 is 0 Å². The van der Waals surface area contributed by atoms with Crippen LogP contribution in [0, 0.1) is 11.7 Å². The highest BCUT2D eigenvalue weighted by atomic mass is 79.9. The topological polar surface area (TPSA) is 32.3 Å². The largest absolute Gasteiger partial charge is 0.352 e. The zero-order valence-electron chi connectivity index (χ0n) is 11.7. The molecule has 5 heteroatoms. The second kappa shape index (κ2) is 7.18. The third kappa shape index (κ3) is 4.28. The molecular formula is C15H20BrFN2O. The summed E-state index contributed by atoms with van der Waals surface area (Å²) in [6.45, 7) is 2.96. The molecule has 1 aliphatic rings. The summed E-state index contributed by atoms with van der Waals surface area (Å²) in [5.41, 5.74) is 0.481. The molecule has 0 aromatic heterocycles. The summed E-state index contributed by atoms with van der Waals surface area (Å²) < 4.78 is 13.5. The van der Waals surface area contributed by atoms with E-state index in [1.165, 1.54) is 31.0 Å². The quantitative estimate of drug-likeness (QED) is 0.911. The third-order valence-corrected chi connectivity index (χ3v) is 4.51. The van der Waals surface area contributed by atoms with Crippen LogP contribution in [0.2, 0.25) is 0 Å². The van der Waals surface area contributed by atoms with Gasteiger partial charge in [0.2, 0.25) is 0 Å². The Hall–Kier alpha value is -0.940. The van der Waals surface area contributed by atoms with E-state index in [1.54, 1.807) is 0 Å². The third-order valence-electron chi connectivity index (χ3n) is 3.85. The van der Waals surface area contributed by atoms with Gasteiger partial charge in [-0.15, -0.1) is 0 Å².